The van der Waals surface area contributed by atoms with Crippen LogP contribution in [-0.2, 0) is 14.3 Å². The number of carbonyl (C=O) groups is 2. The van der Waals surface area contributed by atoms with Gasteiger partial charge in [0.15, 0.2) is 18.1 Å². The van der Waals surface area contributed by atoms with Crippen molar-refractivity contribution >= 4 is 18.0 Å². The molecular formula is C21H23NO6. The Bertz CT molecular complexity index is 804. The van der Waals surface area contributed by atoms with E-state index in [4.69, 9.17) is 18.9 Å². The van der Waals surface area contributed by atoms with E-state index in [-0.39, 0.29) is 6.61 Å². The maximum atomic E-state index is 11.8. The van der Waals surface area contributed by atoms with E-state index in [1.807, 2.05) is 30.3 Å². The summed E-state index contributed by atoms with van der Waals surface area (Å²) in [5.41, 5.74) is 0.654. The first kappa shape index (κ1) is 20.8. The number of nitrogens with one attached hydrogen (secondary N) is 1. The van der Waals surface area contributed by atoms with Crippen LogP contribution in [0.25, 0.3) is 6.08 Å². The lowest BCUT2D eigenvalue weighted by atomic mass is 10.1. The number of ether oxygens (including phenoxy) is 4. The zero-order chi connectivity index (χ0) is 20.2. The van der Waals surface area contributed by atoms with Crippen LogP contribution in [0.3, 0.4) is 0 Å². The molecule has 0 saturated heterocycles. The lowest BCUT2D eigenvalue weighted by Gasteiger charge is -2.09. The van der Waals surface area contributed by atoms with Gasteiger partial charge in [-0.15, -0.1) is 0 Å². The highest BCUT2D eigenvalue weighted by Crippen LogP contribution is 2.31. The number of hydrogen-bond donors (Lipinski definition) is 1. The number of esters is 1. The van der Waals surface area contributed by atoms with Crippen LogP contribution in [-0.4, -0.2) is 45.9 Å². The van der Waals surface area contributed by atoms with Gasteiger partial charge in [0.05, 0.1) is 20.8 Å². The van der Waals surface area contributed by atoms with E-state index >= 15 is 0 Å². The predicted molar refractivity (Wildman–Crippen MR) is 104 cm³/mol. The minimum Gasteiger partial charge on any atom is -0.493 e. The van der Waals surface area contributed by atoms with Gasteiger partial charge in [-0.2, -0.15) is 0 Å². The lowest BCUT2D eigenvalue weighted by molar-refractivity contribution is -0.143. The van der Waals surface area contributed by atoms with Crippen molar-refractivity contribution < 1.29 is 28.5 Å². The summed E-state index contributed by atoms with van der Waals surface area (Å²) in [6, 6.07) is 14.6. The molecule has 0 aliphatic rings. The van der Waals surface area contributed by atoms with Gasteiger partial charge in [-0.1, -0.05) is 30.3 Å². The maximum absolute atomic E-state index is 11.8. The summed E-state index contributed by atoms with van der Waals surface area (Å²) < 4.78 is 20.9. The Morgan fingerprint density at radius 2 is 1.79 bits per heavy atom. The highest BCUT2D eigenvalue weighted by molar-refractivity contribution is 5.89. The van der Waals surface area contributed by atoms with Crippen LogP contribution in [0.2, 0.25) is 0 Å². The van der Waals surface area contributed by atoms with Crippen molar-refractivity contribution in [1.29, 1.82) is 0 Å². The molecule has 148 valence electrons. The Kier molecular flexibility index (Phi) is 8.39. The molecule has 2 aromatic carbocycles. The number of amides is 1. The van der Waals surface area contributed by atoms with Crippen molar-refractivity contribution in [2.75, 3.05) is 34.0 Å². The van der Waals surface area contributed by atoms with Gasteiger partial charge in [-0.05, 0) is 24.3 Å². The molecule has 0 bridgehead atoms. The topological polar surface area (TPSA) is 83.1 Å². The largest absolute Gasteiger partial charge is 0.493 e. The molecule has 0 radical (unpaired) electrons. The second kappa shape index (κ2) is 11.3. The summed E-state index contributed by atoms with van der Waals surface area (Å²) in [6.45, 7) is 0.255. The fraction of sp³-hybridized carbons (Fsp3) is 0.238. The number of carbonyl (C=O) groups excluding carboxylic acids is 2. The quantitative estimate of drug-likeness (QED) is 0.384. The molecular weight excluding hydrogens is 362 g/mol. The molecule has 0 unspecified atom stereocenters. The fourth-order valence-electron chi connectivity index (χ4n) is 2.31. The molecule has 0 atom stereocenters. The Morgan fingerprint density at radius 3 is 2.50 bits per heavy atom. The van der Waals surface area contributed by atoms with E-state index < -0.39 is 11.9 Å². The average Bonchev–Trinajstić information content (AvgIpc) is 2.74. The zero-order valence-corrected chi connectivity index (χ0v) is 15.8. The van der Waals surface area contributed by atoms with Crippen LogP contribution in [0.5, 0.6) is 17.2 Å². The first-order chi connectivity index (χ1) is 13.6. The van der Waals surface area contributed by atoms with Crippen molar-refractivity contribution in [2.24, 2.45) is 0 Å². The van der Waals surface area contributed by atoms with Crippen LogP contribution in [0.1, 0.15) is 5.56 Å². The van der Waals surface area contributed by atoms with Gasteiger partial charge in [0.2, 0.25) is 0 Å². The zero-order valence-electron chi connectivity index (χ0n) is 15.8. The number of methoxy groups -OCH3 is 2. The summed E-state index contributed by atoms with van der Waals surface area (Å²) in [5, 5.41) is 2.61. The van der Waals surface area contributed by atoms with Crippen molar-refractivity contribution in [3.8, 4) is 17.2 Å². The Balaban J connectivity index is 1.71. The maximum Gasteiger partial charge on any atom is 0.331 e. The van der Waals surface area contributed by atoms with Crippen molar-refractivity contribution in [3.05, 3.63) is 60.2 Å². The molecule has 1 N–H and O–H groups in total. The van der Waals surface area contributed by atoms with E-state index in [9.17, 15) is 9.59 Å². The van der Waals surface area contributed by atoms with E-state index in [1.54, 1.807) is 18.2 Å². The lowest BCUT2D eigenvalue weighted by Crippen LogP contribution is -2.31. The number of hydrogen-bond acceptors (Lipinski definition) is 6. The summed E-state index contributed by atoms with van der Waals surface area (Å²) in [5.74, 6) is 0.736. The molecule has 0 spiro atoms. The van der Waals surface area contributed by atoms with E-state index in [2.05, 4.69) is 5.32 Å². The van der Waals surface area contributed by atoms with Crippen molar-refractivity contribution in [3.63, 3.8) is 0 Å². The highest BCUT2D eigenvalue weighted by Gasteiger charge is 2.08. The monoisotopic (exact) mass is 385 g/mol. The number of rotatable bonds is 10. The molecule has 7 nitrogen and oxygen atoms in total. The minimum absolute atomic E-state index is 0.308. The minimum atomic E-state index is -0.638. The van der Waals surface area contributed by atoms with Gasteiger partial charge in [0, 0.05) is 11.6 Å². The van der Waals surface area contributed by atoms with Crippen LogP contribution in [0, 0.1) is 0 Å². The fourth-order valence-corrected chi connectivity index (χ4v) is 2.31. The number of benzene rings is 2. The molecule has 0 aliphatic carbocycles. The second-order valence-corrected chi connectivity index (χ2v) is 5.54. The SMILES string of the molecule is COc1cccc(/C=C/C(=O)OCC(=O)NCCOc2ccccc2)c1OC. The van der Waals surface area contributed by atoms with E-state index in [0.29, 0.717) is 30.2 Å². The Hall–Kier alpha value is -3.48. The molecule has 0 aromatic heterocycles. The Morgan fingerprint density at radius 1 is 1.00 bits per heavy atom. The third-order valence-corrected chi connectivity index (χ3v) is 3.61. The van der Waals surface area contributed by atoms with Crippen LogP contribution in [0.15, 0.2) is 54.6 Å². The average molecular weight is 385 g/mol. The van der Waals surface area contributed by atoms with Crippen LogP contribution >= 0.6 is 0 Å². The highest BCUT2D eigenvalue weighted by atomic mass is 16.5. The summed E-state index contributed by atoms with van der Waals surface area (Å²) in [4.78, 5) is 23.5. The third-order valence-electron chi connectivity index (χ3n) is 3.61. The van der Waals surface area contributed by atoms with Gasteiger partial charge in [-0.3, -0.25) is 4.79 Å². The summed E-state index contributed by atoms with van der Waals surface area (Å²) in [7, 11) is 3.04. The normalized spacial score (nSPS) is 10.4. The van der Waals surface area contributed by atoms with Crippen molar-refractivity contribution in [1.82, 2.24) is 5.32 Å². The molecule has 0 heterocycles. The van der Waals surface area contributed by atoms with Gasteiger partial charge < -0.3 is 24.3 Å². The van der Waals surface area contributed by atoms with Gasteiger partial charge in [-0.25, -0.2) is 4.79 Å². The Labute approximate surface area is 163 Å². The molecule has 1 amide bonds. The molecule has 0 aliphatic heterocycles. The first-order valence-electron chi connectivity index (χ1n) is 8.64. The number of para-hydroxylation sites is 2. The van der Waals surface area contributed by atoms with Crippen LogP contribution in [0.4, 0.5) is 0 Å². The predicted octanol–water partition coefficient (Wildman–Crippen LogP) is 2.46. The van der Waals surface area contributed by atoms with Gasteiger partial charge in [0.25, 0.3) is 5.91 Å². The first-order valence-corrected chi connectivity index (χ1v) is 8.64. The van der Waals surface area contributed by atoms with E-state index in [0.717, 1.165) is 5.75 Å². The molecule has 7 heteroatoms. The standard InChI is InChI=1S/C21H23NO6/c1-25-18-10-6-7-16(21(18)26-2)11-12-20(24)28-15-19(23)22-13-14-27-17-8-4-3-5-9-17/h3-12H,13-15H2,1-2H3,(H,22,23)/b12-11+. The van der Waals surface area contributed by atoms with Crippen molar-refractivity contribution in [2.45, 2.75) is 0 Å². The molecule has 2 aromatic rings. The van der Waals surface area contributed by atoms with Crippen LogP contribution < -0.4 is 19.5 Å². The van der Waals surface area contributed by atoms with Gasteiger partial charge in [0.1, 0.15) is 12.4 Å². The molecule has 2 rings (SSSR count). The summed E-state index contributed by atoms with van der Waals surface area (Å²) >= 11 is 0. The van der Waals surface area contributed by atoms with E-state index in [1.165, 1.54) is 26.4 Å². The third kappa shape index (κ3) is 6.68. The molecule has 0 fully saturated rings. The summed E-state index contributed by atoms with van der Waals surface area (Å²) in [6.07, 6.45) is 2.76. The van der Waals surface area contributed by atoms with Gasteiger partial charge >= 0.3 is 5.97 Å². The second-order valence-electron chi connectivity index (χ2n) is 5.54. The molecule has 0 saturated carbocycles. The molecule has 28 heavy (non-hydrogen) atoms. The smallest absolute Gasteiger partial charge is 0.331 e.